The Hall–Kier alpha value is -2.56. The highest BCUT2D eigenvalue weighted by Crippen LogP contribution is 2.15. The maximum Gasteiger partial charge on any atom is 0.271 e. The minimum Gasteiger partial charge on any atom is -0.383 e. The average Bonchev–Trinajstić information content (AvgIpc) is 2.49. The molecule has 6 N–H and O–H groups in total. The van der Waals surface area contributed by atoms with Crippen molar-refractivity contribution < 1.29 is 9.59 Å². The molecule has 0 aliphatic carbocycles. The number of nitrogens with two attached hydrogens (primary N) is 3. The number of primary amides is 2. The van der Waals surface area contributed by atoms with Gasteiger partial charge in [-0.05, 0) is 0 Å². The lowest BCUT2D eigenvalue weighted by molar-refractivity contribution is -0.119. The van der Waals surface area contributed by atoms with Crippen LogP contribution in [0.3, 0.4) is 0 Å². The van der Waals surface area contributed by atoms with Gasteiger partial charge in [-0.1, -0.05) is 0 Å². The van der Waals surface area contributed by atoms with Gasteiger partial charge in [0.15, 0.2) is 5.69 Å². The summed E-state index contributed by atoms with van der Waals surface area (Å²) >= 11 is 0. The number of nitriles is 1. The van der Waals surface area contributed by atoms with E-state index in [1.54, 1.807) is 6.07 Å². The molecule has 0 unspecified atom stereocenters. The van der Waals surface area contributed by atoms with Crippen LogP contribution in [0.1, 0.15) is 16.5 Å². The average molecular weight is 208 g/mol. The van der Waals surface area contributed by atoms with Gasteiger partial charge in [0.25, 0.3) is 11.8 Å². The molecule has 2 amide bonds. The van der Waals surface area contributed by atoms with Gasteiger partial charge in [0, 0.05) is 0 Å². The van der Waals surface area contributed by atoms with Crippen molar-refractivity contribution in [2.24, 2.45) is 11.5 Å². The van der Waals surface area contributed by atoms with Gasteiger partial charge >= 0.3 is 0 Å². The standard InChI is InChI=1S/C7H8N6O2/c8-1-3(6(10)14)13-2-12-4(5(13)9)7(11)15/h2-3H,9H2,(H2,10,14)(H2,11,15)/t3-/m0/s1. The first kappa shape index (κ1) is 10.5. The lowest BCUT2D eigenvalue weighted by Crippen LogP contribution is -2.26. The van der Waals surface area contributed by atoms with Crippen molar-refractivity contribution >= 4 is 17.6 Å². The molecule has 78 valence electrons. The van der Waals surface area contributed by atoms with E-state index in [4.69, 9.17) is 22.5 Å². The van der Waals surface area contributed by atoms with Crippen LogP contribution in [0.15, 0.2) is 6.33 Å². The fourth-order valence-corrected chi connectivity index (χ4v) is 1.03. The Morgan fingerprint density at radius 2 is 2.13 bits per heavy atom. The van der Waals surface area contributed by atoms with Gasteiger partial charge in [0.05, 0.1) is 12.4 Å². The van der Waals surface area contributed by atoms with Crippen LogP contribution in [-0.4, -0.2) is 21.4 Å². The summed E-state index contributed by atoms with van der Waals surface area (Å²) in [6, 6.07) is 0.327. The Kier molecular flexibility index (Phi) is 2.57. The molecule has 1 aromatic rings. The van der Waals surface area contributed by atoms with Gasteiger partial charge in [0.1, 0.15) is 5.82 Å². The van der Waals surface area contributed by atoms with E-state index >= 15 is 0 Å². The minimum absolute atomic E-state index is 0.159. The molecule has 15 heavy (non-hydrogen) atoms. The van der Waals surface area contributed by atoms with Crippen LogP contribution in [0, 0.1) is 11.3 Å². The van der Waals surface area contributed by atoms with Crippen molar-refractivity contribution in [3.05, 3.63) is 12.0 Å². The highest BCUT2D eigenvalue weighted by molar-refractivity contribution is 5.95. The molecule has 0 fully saturated rings. The monoisotopic (exact) mass is 208 g/mol. The molecule has 0 spiro atoms. The van der Waals surface area contributed by atoms with Crippen LogP contribution >= 0.6 is 0 Å². The Morgan fingerprint density at radius 1 is 1.53 bits per heavy atom. The molecule has 0 aliphatic rings. The third kappa shape index (κ3) is 1.71. The molecule has 0 aliphatic heterocycles. The van der Waals surface area contributed by atoms with Gasteiger partial charge in [0.2, 0.25) is 6.04 Å². The number of hydrogen-bond donors (Lipinski definition) is 3. The van der Waals surface area contributed by atoms with E-state index in [1.807, 2.05) is 0 Å². The number of anilines is 1. The third-order valence-corrected chi connectivity index (χ3v) is 1.74. The number of aromatic nitrogens is 2. The molecular weight excluding hydrogens is 200 g/mol. The molecule has 0 aromatic carbocycles. The molecule has 1 rings (SSSR count). The van der Waals surface area contributed by atoms with Crippen molar-refractivity contribution in [1.29, 1.82) is 5.26 Å². The van der Waals surface area contributed by atoms with Gasteiger partial charge in [-0.15, -0.1) is 0 Å². The predicted molar refractivity (Wildman–Crippen MR) is 49.0 cm³/mol. The fraction of sp³-hybridized carbons (Fsp3) is 0.143. The highest BCUT2D eigenvalue weighted by Gasteiger charge is 2.22. The predicted octanol–water partition coefficient (Wildman–Crippen LogP) is -1.89. The fourth-order valence-electron chi connectivity index (χ4n) is 1.03. The molecule has 1 aromatic heterocycles. The number of imidazole rings is 1. The first-order valence-electron chi connectivity index (χ1n) is 3.80. The van der Waals surface area contributed by atoms with Gasteiger partial charge in [-0.3, -0.25) is 14.2 Å². The zero-order valence-electron chi connectivity index (χ0n) is 7.54. The van der Waals surface area contributed by atoms with E-state index in [1.165, 1.54) is 0 Å². The smallest absolute Gasteiger partial charge is 0.271 e. The second-order valence-electron chi connectivity index (χ2n) is 2.68. The van der Waals surface area contributed by atoms with Crippen molar-refractivity contribution in [3.63, 3.8) is 0 Å². The summed E-state index contributed by atoms with van der Waals surface area (Å²) < 4.78 is 0.989. The number of nitrogens with zero attached hydrogens (tertiary/aromatic N) is 3. The minimum atomic E-state index is -1.30. The number of rotatable bonds is 3. The zero-order chi connectivity index (χ0) is 11.6. The van der Waals surface area contributed by atoms with Gasteiger partial charge in [-0.25, -0.2) is 4.98 Å². The Balaban J connectivity index is 3.23. The Morgan fingerprint density at radius 3 is 2.47 bits per heavy atom. The summed E-state index contributed by atoms with van der Waals surface area (Å²) in [5.41, 5.74) is 15.2. The van der Waals surface area contributed by atoms with Gasteiger partial charge < -0.3 is 17.2 Å². The van der Waals surface area contributed by atoms with Crippen molar-refractivity contribution in [2.75, 3.05) is 5.73 Å². The van der Waals surface area contributed by atoms with Crippen LogP contribution < -0.4 is 17.2 Å². The lowest BCUT2D eigenvalue weighted by Gasteiger charge is -2.07. The van der Waals surface area contributed by atoms with Crippen molar-refractivity contribution in [2.45, 2.75) is 6.04 Å². The van der Waals surface area contributed by atoms with E-state index in [2.05, 4.69) is 4.98 Å². The van der Waals surface area contributed by atoms with E-state index in [0.29, 0.717) is 0 Å². The number of hydrogen-bond acceptors (Lipinski definition) is 5. The Labute approximate surface area is 84.3 Å². The normalized spacial score (nSPS) is 11.7. The maximum atomic E-state index is 10.8. The maximum absolute atomic E-state index is 10.8. The summed E-state index contributed by atoms with van der Waals surface area (Å²) in [6.07, 6.45) is 1.06. The van der Waals surface area contributed by atoms with Crippen LogP contribution in [0.5, 0.6) is 0 Å². The molecule has 0 radical (unpaired) electrons. The Bertz CT molecular complexity index is 457. The quantitative estimate of drug-likeness (QED) is 0.530. The molecule has 1 atom stereocenters. The third-order valence-electron chi connectivity index (χ3n) is 1.74. The van der Waals surface area contributed by atoms with Crippen LogP contribution in [0.2, 0.25) is 0 Å². The molecule has 0 bridgehead atoms. The SMILES string of the molecule is N#C[C@@H](C(N)=O)n1cnc(C(N)=O)c1N. The first-order chi connectivity index (χ1) is 6.99. The number of carbonyl (C=O) groups is 2. The number of amides is 2. The highest BCUT2D eigenvalue weighted by atomic mass is 16.2. The van der Waals surface area contributed by atoms with Crippen molar-refractivity contribution in [1.82, 2.24) is 9.55 Å². The van der Waals surface area contributed by atoms with Crippen molar-refractivity contribution in [3.8, 4) is 6.07 Å². The summed E-state index contributed by atoms with van der Waals surface area (Å²) in [7, 11) is 0. The summed E-state index contributed by atoms with van der Waals surface area (Å²) in [4.78, 5) is 25.2. The zero-order valence-corrected chi connectivity index (χ0v) is 7.54. The van der Waals surface area contributed by atoms with Crippen LogP contribution in [0.25, 0.3) is 0 Å². The largest absolute Gasteiger partial charge is 0.383 e. The topological polar surface area (TPSA) is 154 Å². The molecule has 0 saturated carbocycles. The van der Waals surface area contributed by atoms with E-state index in [-0.39, 0.29) is 11.5 Å². The molecular formula is C7H8N6O2. The number of carbonyl (C=O) groups excluding carboxylic acids is 2. The van der Waals surface area contributed by atoms with Crippen LogP contribution in [-0.2, 0) is 4.79 Å². The van der Waals surface area contributed by atoms with Gasteiger partial charge in [-0.2, -0.15) is 5.26 Å². The molecule has 8 heteroatoms. The molecule has 0 saturated heterocycles. The van der Waals surface area contributed by atoms with E-state index in [9.17, 15) is 9.59 Å². The molecule has 1 heterocycles. The molecule has 8 nitrogen and oxygen atoms in total. The number of nitrogen functional groups attached to an aromatic ring is 1. The second-order valence-corrected chi connectivity index (χ2v) is 2.68. The van der Waals surface area contributed by atoms with Crippen LogP contribution in [0.4, 0.5) is 5.82 Å². The summed E-state index contributed by atoms with van der Waals surface area (Å²) in [5, 5.41) is 8.65. The second kappa shape index (κ2) is 3.67. The lowest BCUT2D eigenvalue weighted by atomic mass is 10.3. The summed E-state index contributed by atoms with van der Waals surface area (Å²) in [6.45, 7) is 0. The van der Waals surface area contributed by atoms with E-state index < -0.39 is 17.9 Å². The first-order valence-corrected chi connectivity index (χ1v) is 3.80. The summed E-state index contributed by atoms with van der Waals surface area (Å²) in [5.74, 6) is -1.89. The van der Waals surface area contributed by atoms with E-state index in [0.717, 1.165) is 10.9 Å².